The largest absolute Gasteiger partial charge is 0.504 e. The summed E-state index contributed by atoms with van der Waals surface area (Å²) in [6.07, 6.45) is 2.61. The van der Waals surface area contributed by atoms with Crippen LogP contribution in [-0.4, -0.2) is 24.6 Å². The van der Waals surface area contributed by atoms with E-state index in [9.17, 15) is 9.90 Å². The highest BCUT2D eigenvalue weighted by Crippen LogP contribution is 2.39. The van der Waals surface area contributed by atoms with Crippen molar-refractivity contribution < 1.29 is 19.4 Å². The van der Waals surface area contributed by atoms with Gasteiger partial charge < -0.3 is 14.6 Å². The van der Waals surface area contributed by atoms with Crippen molar-refractivity contribution in [1.82, 2.24) is 0 Å². The summed E-state index contributed by atoms with van der Waals surface area (Å²) in [4.78, 5) is 10.9. The number of phenolic OH excluding ortho intramolecular Hbond substituents is 1. The molecule has 0 fully saturated rings. The van der Waals surface area contributed by atoms with Gasteiger partial charge in [-0.05, 0) is 24.0 Å². The van der Waals surface area contributed by atoms with Crippen LogP contribution in [-0.2, 0) is 0 Å². The van der Waals surface area contributed by atoms with Gasteiger partial charge in [0.1, 0.15) is 0 Å². The number of hydrogen-bond acceptors (Lipinski definition) is 4. The highest BCUT2D eigenvalue weighted by molar-refractivity contribution is 5.82. The van der Waals surface area contributed by atoms with Crippen LogP contribution in [0.1, 0.15) is 50.9 Å². The van der Waals surface area contributed by atoms with Gasteiger partial charge in [0.05, 0.1) is 18.8 Å². The van der Waals surface area contributed by atoms with Crippen molar-refractivity contribution in [2.24, 2.45) is 11.8 Å². The second-order valence-electron chi connectivity index (χ2n) is 5.60. The van der Waals surface area contributed by atoms with Gasteiger partial charge in [-0.1, -0.05) is 40.5 Å². The summed E-state index contributed by atoms with van der Waals surface area (Å²) in [5.41, 5.74) is 0.213. The molecule has 0 spiro atoms. The molecule has 0 radical (unpaired) electrons. The van der Waals surface area contributed by atoms with Gasteiger partial charge in [-0.3, -0.25) is 4.79 Å². The topological polar surface area (TPSA) is 55.8 Å². The third-order valence-electron chi connectivity index (χ3n) is 3.68. The molecule has 1 aromatic rings. The van der Waals surface area contributed by atoms with Gasteiger partial charge in [-0.25, -0.2) is 0 Å². The Balaban J connectivity index is 2.94. The Kier molecular flexibility index (Phi) is 7.06. The number of hydrogen-bond donors (Lipinski definition) is 1. The molecule has 0 saturated heterocycles. The zero-order valence-electron chi connectivity index (χ0n) is 13.4. The van der Waals surface area contributed by atoms with E-state index in [4.69, 9.17) is 9.47 Å². The molecule has 0 aliphatic rings. The first kappa shape index (κ1) is 17.3. The first-order chi connectivity index (χ1) is 10.0. The first-order valence-corrected chi connectivity index (χ1v) is 7.60. The monoisotopic (exact) mass is 294 g/mol. The number of carbonyl (C=O) groups excluding carboxylic acids is 1. The Morgan fingerprint density at radius 3 is 2.19 bits per heavy atom. The molecule has 4 heteroatoms. The second kappa shape index (κ2) is 8.55. The van der Waals surface area contributed by atoms with Crippen LogP contribution in [0.4, 0.5) is 0 Å². The molecule has 1 aromatic carbocycles. The molecule has 0 aliphatic heterocycles. The molecule has 0 aliphatic carbocycles. The summed E-state index contributed by atoms with van der Waals surface area (Å²) in [5, 5.41) is 10.1. The van der Waals surface area contributed by atoms with Gasteiger partial charge in [-0.2, -0.15) is 0 Å². The summed E-state index contributed by atoms with van der Waals surface area (Å²) in [6.45, 7) is 9.37. The maximum absolute atomic E-state index is 10.9. The predicted octanol–water partition coefficient (Wildman–Crippen LogP) is 4.05. The number of rotatable bonds is 9. The normalized spacial score (nSPS) is 13.5. The van der Waals surface area contributed by atoms with Gasteiger partial charge >= 0.3 is 0 Å². The lowest BCUT2D eigenvalue weighted by Gasteiger charge is -2.18. The average molecular weight is 294 g/mol. The number of aldehydes is 1. The van der Waals surface area contributed by atoms with E-state index >= 15 is 0 Å². The zero-order valence-corrected chi connectivity index (χ0v) is 13.4. The predicted molar refractivity (Wildman–Crippen MR) is 83.4 cm³/mol. The molecule has 1 N–H and O–H groups in total. The molecule has 0 bridgehead atoms. The van der Waals surface area contributed by atoms with E-state index in [0.29, 0.717) is 37.1 Å². The van der Waals surface area contributed by atoms with Crippen molar-refractivity contribution in [2.45, 2.75) is 40.5 Å². The Morgan fingerprint density at radius 1 is 1.10 bits per heavy atom. The molecule has 21 heavy (non-hydrogen) atoms. The molecule has 1 rings (SSSR count). The van der Waals surface area contributed by atoms with E-state index in [1.807, 2.05) is 0 Å². The summed E-state index contributed by atoms with van der Waals surface area (Å²) in [5.74, 6) is 1.40. The zero-order chi connectivity index (χ0) is 15.8. The summed E-state index contributed by atoms with van der Waals surface area (Å²) >= 11 is 0. The fraction of sp³-hybridized carbons (Fsp3) is 0.588. The van der Waals surface area contributed by atoms with Crippen LogP contribution in [0.15, 0.2) is 12.1 Å². The van der Waals surface area contributed by atoms with E-state index in [-0.39, 0.29) is 17.1 Å². The smallest absolute Gasteiger partial charge is 0.204 e. The quantitative estimate of drug-likeness (QED) is 0.698. The molecular weight excluding hydrogens is 268 g/mol. The minimum Gasteiger partial charge on any atom is -0.504 e. The minimum absolute atomic E-state index is 0.144. The molecule has 0 unspecified atom stereocenters. The fourth-order valence-electron chi connectivity index (χ4n) is 1.61. The number of benzene rings is 1. The standard InChI is InChI=1S/C17H26O4/c1-5-12(3)10-20-15-8-7-14(9-18)16(19)17(15)21-11-13(4)6-2/h7-9,12-13,19H,5-6,10-11H2,1-4H3/t12-,13-/m0/s1. The van der Waals surface area contributed by atoms with Crippen molar-refractivity contribution in [2.75, 3.05) is 13.2 Å². The molecule has 0 saturated carbocycles. The van der Waals surface area contributed by atoms with Crippen molar-refractivity contribution in [3.63, 3.8) is 0 Å². The number of phenols is 1. The SMILES string of the molecule is CC[C@H](C)COc1ccc(C=O)c(O)c1OC[C@@H](C)CC. The van der Waals surface area contributed by atoms with Crippen LogP contribution in [0, 0.1) is 11.8 Å². The van der Waals surface area contributed by atoms with Crippen LogP contribution in [0.2, 0.25) is 0 Å². The fourth-order valence-corrected chi connectivity index (χ4v) is 1.61. The lowest BCUT2D eigenvalue weighted by atomic mass is 10.1. The van der Waals surface area contributed by atoms with Crippen LogP contribution in [0.25, 0.3) is 0 Å². The summed E-state index contributed by atoms with van der Waals surface area (Å²) < 4.78 is 11.4. The number of carbonyl (C=O) groups is 1. The van der Waals surface area contributed by atoms with Crippen LogP contribution >= 0.6 is 0 Å². The Hall–Kier alpha value is -1.71. The van der Waals surface area contributed by atoms with E-state index < -0.39 is 0 Å². The molecule has 0 aromatic heterocycles. The number of aromatic hydroxyl groups is 1. The molecular formula is C17H26O4. The maximum atomic E-state index is 10.9. The van der Waals surface area contributed by atoms with Crippen molar-refractivity contribution >= 4 is 6.29 Å². The Labute approximate surface area is 127 Å². The van der Waals surface area contributed by atoms with Gasteiger partial charge in [0, 0.05) is 0 Å². The van der Waals surface area contributed by atoms with E-state index in [0.717, 1.165) is 12.8 Å². The number of ether oxygens (including phenoxy) is 2. The first-order valence-electron chi connectivity index (χ1n) is 7.60. The second-order valence-corrected chi connectivity index (χ2v) is 5.60. The highest BCUT2D eigenvalue weighted by Gasteiger charge is 2.16. The average Bonchev–Trinajstić information content (AvgIpc) is 2.51. The van der Waals surface area contributed by atoms with Crippen molar-refractivity contribution in [3.05, 3.63) is 17.7 Å². The summed E-state index contributed by atoms with van der Waals surface area (Å²) in [6, 6.07) is 3.22. The van der Waals surface area contributed by atoms with E-state index in [2.05, 4.69) is 27.7 Å². The third-order valence-corrected chi connectivity index (χ3v) is 3.68. The maximum Gasteiger partial charge on any atom is 0.204 e. The lowest BCUT2D eigenvalue weighted by molar-refractivity contribution is 0.111. The summed E-state index contributed by atoms with van der Waals surface area (Å²) in [7, 11) is 0. The van der Waals surface area contributed by atoms with Gasteiger partial charge in [0.15, 0.2) is 17.8 Å². The highest BCUT2D eigenvalue weighted by atomic mass is 16.5. The molecule has 0 heterocycles. The third kappa shape index (κ3) is 4.96. The van der Waals surface area contributed by atoms with Gasteiger partial charge in [-0.15, -0.1) is 0 Å². The molecule has 118 valence electrons. The van der Waals surface area contributed by atoms with E-state index in [1.54, 1.807) is 12.1 Å². The minimum atomic E-state index is -0.144. The molecule has 0 amide bonds. The van der Waals surface area contributed by atoms with Crippen LogP contribution < -0.4 is 9.47 Å². The Bertz CT molecular complexity index is 456. The van der Waals surface area contributed by atoms with Crippen LogP contribution in [0.5, 0.6) is 17.2 Å². The molecule has 2 atom stereocenters. The molecule has 4 nitrogen and oxygen atoms in total. The lowest BCUT2D eigenvalue weighted by Crippen LogP contribution is -2.11. The van der Waals surface area contributed by atoms with E-state index in [1.165, 1.54) is 0 Å². The van der Waals surface area contributed by atoms with Crippen molar-refractivity contribution in [3.8, 4) is 17.2 Å². The van der Waals surface area contributed by atoms with Crippen molar-refractivity contribution in [1.29, 1.82) is 0 Å². The Morgan fingerprint density at radius 2 is 1.67 bits per heavy atom. The van der Waals surface area contributed by atoms with Crippen LogP contribution in [0.3, 0.4) is 0 Å². The van der Waals surface area contributed by atoms with Gasteiger partial charge in [0.2, 0.25) is 5.75 Å². The van der Waals surface area contributed by atoms with Gasteiger partial charge in [0.25, 0.3) is 0 Å².